The number of nitrogens with zero attached hydrogens (tertiary/aromatic N) is 1. The van der Waals surface area contributed by atoms with E-state index in [1.54, 1.807) is 0 Å². The van der Waals surface area contributed by atoms with Crippen molar-refractivity contribution in [3.05, 3.63) is 53.6 Å². The molecule has 0 atom stereocenters. The van der Waals surface area contributed by atoms with Crippen molar-refractivity contribution in [3.8, 4) is 5.75 Å². The number of ether oxygens (including phenoxy) is 1. The molecule has 2 rings (SSSR count). The number of benzene rings is 2. The summed E-state index contributed by atoms with van der Waals surface area (Å²) >= 11 is 0. The topological polar surface area (TPSA) is 41.6 Å². The Morgan fingerprint density at radius 3 is 2.38 bits per heavy atom. The Hall–Kier alpha value is -2.49. The first kappa shape index (κ1) is 19.8. The van der Waals surface area contributed by atoms with Gasteiger partial charge in [-0.2, -0.15) is 0 Å². The number of hydrogen-bond donors (Lipinski definition) is 1. The van der Waals surface area contributed by atoms with E-state index in [4.69, 9.17) is 4.74 Å². The molecule has 2 aromatic carbocycles. The van der Waals surface area contributed by atoms with Crippen molar-refractivity contribution >= 4 is 17.3 Å². The Morgan fingerprint density at radius 1 is 1.04 bits per heavy atom. The van der Waals surface area contributed by atoms with Crippen LogP contribution in [0, 0.1) is 13.8 Å². The van der Waals surface area contributed by atoms with Crippen LogP contribution in [0.5, 0.6) is 5.75 Å². The maximum atomic E-state index is 12.1. The van der Waals surface area contributed by atoms with E-state index in [2.05, 4.69) is 44.0 Å². The molecule has 0 saturated carbocycles. The molecule has 140 valence electrons. The van der Waals surface area contributed by atoms with Crippen molar-refractivity contribution in [3.63, 3.8) is 0 Å². The molecular formula is C22H30N2O2. The normalized spacial score (nSPS) is 10.5. The fraction of sp³-hybridized carbons (Fsp3) is 0.409. The van der Waals surface area contributed by atoms with Crippen LogP contribution in [0.25, 0.3) is 0 Å². The molecule has 0 aromatic heterocycles. The van der Waals surface area contributed by atoms with Gasteiger partial charge in [-0.3, -0.25) is 4.79 Å². The lowest BCUT2D eigenvalue weighted by Gasteiger charge is -2.21. The molecule has 0 aliphatic heterocycles. The van der Waals surface area contributed by atoms with Gasteiger partial charge in [-0.15, -0.1) is 0 Å². The van der Waals surface area contributed by atoms with E-state index >= 15 is 0 Å². The smallest absolute Gasteiger partial charge is 0.224 e. The van der Waals surface area contributed by atoms with Crippen molar-refractivity contribution < 1.29 is 9.53 Å². The lowest BCUT2D eigenvalue weighted by Crippen LogP contribution is -2.21. The second-order valence-electron chi connectivity index (χ2n) is 6.42. The van der Waals surface area contributed by atoms with Crippen LogP contribution in [-0.2, 0) is 4.79 Å². The highest BCUT2D eigenvalue weighted by Gasteiger charge is 2.06. The molecule has 0 heterocycles. The molecule has 0 fully saturated rings. The van der Waals surface area contributed by atoms with E-state index < -0.39 is 0 Å². The standard InChI is InChI=1S/C22H30N2O2/c1-5-24(6-2)20-14-12-19(13-15-20)23-22(25)11-8-16-26-21-10-7-9-17(3)18(21)4/h7,9-10,12-15H,5-6,8,11,16H2,1-4H3,(H,23,25). The third-order valence-electron chi connectivity index (χ3n) is 4.64. The molecule has 1 amide bonds. The third-order valence-corrected chi connectivity index (χ3v) is 4.64. The third kappa shape index (κ3) is 5.51. The predicted molar refractivity (Wildman–Crippen MR) is 109 cm³/mol. The van der Waals surface area contributed by atoms with Crippen LogP contribution >= 0.6 is 0 Å². The number of aryl methyl sites for hydroxylation is 1. The van der Waals surface area contributed by atoms with E-state index in [9.17, 15) is 4.79 Å². The molecule has 0 bridgehead atoms. The lowest BCUT2D eigenvalue weighted by atomic mass is 10.1. The van der Waals surface area contributed by atoms with Crippen LogP contribution in [0.2, 0.25) is 0 Å². The van der Waals surface area contributed by atoms with Crippen LogP contribution in [0.4, 0.5) is 11.4 Å². The molecule has 0 saturated heterocycles. The van der Waals surface area contributed by atoms with E-state index in [1.807, 2.05) is 36.4 Å². The van der Waals surface area contributed by atoms with E-state index in [0.29, 0.717) is 19.4 Å². The van der Waals surface area contributed by atoms with E-state index in [0.717, 1.165) is 30.1 Å². The number of nitrogens with one attached hydrogen (secondary N) is 1. The molecule has 0 unspecified atom stereocenters. The first-order valence-electron chi connectivity index (χ1n) is 9.39. The number of carbonyl (C=O) groups is 1. The van der Waals surface area contributed by atoms with Gasteiger partial charge in [-0.05, 0) is 75.6 Å². The summed E-state index contributed by atoms with van der Waals surface area (Å²) in [5.74, 6) is 0.919. The molecule has 0 radical (unpaired) electrons. The minimum atomic E-state index is 0.0187. The summed E-state index contributed by atoms with van der Waals surface area (Å²) in [4.78, 5) is 14.4. The van der Waals surface area contributed by atoms with Gasteiger partial charge in [0.05, 0.1) is 6.61 Å². The number of amides is 1. The summed E-state index contributed by atoms with van der Waals surface area (Å²) in [5.41, 5.74) is 4.38. The van der Waals surface area contributed by atoms with Crippen LogP contribution in [0.1, 0.15) is 37.8 Å². The van der Waals surface area contributed by atoms with Gasteiger partial charge in [0.15, 0.2) is 0 Å². The summed E-state index contributed by atoms with van der Waals surface area (Å²) in [6, 6.07) is 14.0. The van der Waals surface area contributed by atoms with Gasteiger partial charge in [0.25, 0.3) is 0 Å². The van der Waals surface area contributed by atoms with E-state index in [-0.39, 0.29) is 5.91 Å². The molecule has 0 spiro atoms. The molecule has 4 heteroatoms. The zero-order valence-corrected chi connectivity index (χ0v) is 16.3. The second kappa shape index (κ2) is 9.85. The summed E-state index contributed by atoms with van der Waals surface area (Å²) in [5, 5.41) is 2.95. The molecule has 0 aliphatic rings. The van der Waals surface area contributed by atoms with Crippen molar-refractivity contribution in [1.82, 2.24) is 0 Å². The lowest BCUT2D eigenvalue weighted by molar-refractivity contribution is -0.116. The minimum absolute atomic E-state index is 0.0187. The maximum absolute atomic E-state index is 12.1. The highest BCUT2D eigenvalue weighted by atomic mass is 16.5. The molecule has 2 aromatic rings. The van der Waals surface area contributed by atoms with Crippen LogP contribution in [0.15, 0.2) is 42.5 Å². The van der Waals surface area contributed by atoms with E-state index in [1.165, 1.54) is 11.3 Å². The van der Waals surface area contributed by atoms with Gasteiger partial charge < -0.3 is 15.0 Å². The van der Waals surface area contributed by atoms with Crippen LogP contribution < -0.4 is 15.0 Å². The zero-order valence-electron chi connectivity index (χ0n) is 16.3. The maximum Gasteiger partial charge on any atom is 0.224 e. The predicted octanol–water partition coefficient (Wildman–Crippen LogP) is 4.95. The molecule has 1 N–H and O–H groups in total. The number of carbonyl (C=O) groups excluding carboxylic acids is 1. The quantitative estimate of drug-likeness (QED) is 0.648. The number of rotatable bonds is 9. The Bertz CT molecular complexity index is 707. The number of anilines is 2. The van der Waals surface area contributed by atoms with Crippen molar-refractivity contribution in [1.29, 1.82) is 0 Å². The average molecular weight is 354 g/mol. The second-order valence-corrected chi connectivity index (χ2v) is 6.42. The van der Waals surface area contributed by atoms with Gasteiger partial charge in [0.2, 0.25) is 5.91 Å². The SMILES string of the molecule is CCN(CC)c1ccc(NC(=O)CCCOc2cccc(C)c2C)cc1. The fourth-order valence-corrected chi connectivity index (χ4v) is 2.86. The first-order chi connectivity index (χ1) is 12.5. The number of hydrogen-bond acceptors (Lipinski definition) is 3. The molecule has 26 heavy (non-hydrogen) atoms. The van der Waals surface area contributed by atoms with Crippen LogP contribution in [0.3, 0.4) is 0 Å². The van der Waals surface area contributed by atoms with Gasteiger partial charge in [0, 0.05) is 30.9 Å². The van der Waals surface area contributed by atoms with Crippen molar-refractivity contribution in [2.45, 2.75) is 40.5 Å². The minimum Gasteiger partial charge on any atom is -0.493 e. The van der Waals surface area contributed by atoms with Gasteiger partial charge in [-0.25, -0.2) is 0 Å². The van der Waals surface area contributed by atoms with Gasteiger partial charge in [0.1, 0.15) is 5.75 Å². The Morgan fingerprint density at radius 2 is 1.73 bits per heavy atom. The summed E-state index contributed by atoms with van der Waals surface area (Å²) in [7, 11) is 0. The highest BCUT2D eigenvalue weighted by Crippen LogP contribution is 2.21. The Labute approximate surface area is 157 Å². The van der Waals surface area contributed by atoms with Gasteiger partial charge in [-0.1, -0.05) is 12.1 Å². The fourth-order valence-electron chi connectivity index (χ4n) is 2.86. The average Bonchev–Trinajstić information content (AvgIpc) is 2.64. The monoisotopic (exact) mass is 354 g/mol. The zero-order chi connectivity index (χ0) is 18.9. The summed E-state index contributed by atoms with van der Waals surface area (Å²) in [6.45, 7) is 10.9. The first-order valence-corrected chi connectivity index (χ1v) is 9.39. The largest absolute Gasteiger partial charge is 0.493 e. The van der Waals surface area contributed by atoms with Crippen molar-refractivity contribution in [2.75, 3.05) is 29.9 Å². The highest BCUT2D eigenvalue weighted by molar-refractivity contribution is 5.90. The molecule has 0 aliphatic carbocycles. The summed E-state index contributed by atoms with van der Waals surface area (Å²) in [6.07, 6.45) is 1.14. The molecule has 4 nitrogen and oxygen atoms in total. The Kier molecular flexibility index (Phi) is 7.52. The van der Waals surface area contributed by atoms with Crippen LogP contribution in [-0.4, -0.2) is 25.6 Å². The van der Waals surface area contributed by atoms with Crippen molar-refractivity contribution in [2.24, 2.45) is 0 Å². The van der Waals surface area contributed by atoms with Gasteiger partial charge >= 0.3 is 0 Å². The Balaban J connectivity index is 1.76. The molecular weight excluding hydrogens is 324 g/mol. The summed E-state index contributed by atoms with van der Waals surface area (Å²) < 4.78 is 5.80.